The van der Waals surface area contributed by atoms with Crippen LogP contribution in [0.2, 0.25) is 0 Å². The Labute approximate surface area is 111 Å². The molecule has 1 aliphatic heterocycles. The molecular weight excluding hydrogens is 222 g/mol. The van der Waals surface area contributed by atoms with Gasteiger partial charge >= 0.3 is 0 Å². The van der Waals surface area contributed by atoms with Crippen molar-refractivity contribution in [3.63, 3.8) is 0 Å². The number of hydrogen-bond donors (Lipinski definition) is 1. The molecule has 1 unspecified atom stereocenters. The molecular formula is C15H25N3. The second kappa shape index (κ2) is 6.21. The normalized spacial score (nSPS) is 19.1. The van der Waals surface area contributed by atoms with Gasteiger partial charge in [-0.05, 0) is 51.5 Å². The van der Waals surface area contributed by atoms with Gasteiger partial charge in [0.2, 0.25) is 0 Å². The van der Waals surface area contributed by atoms with Gasteiger partial charge in [-0.2, -0.15) is 0 Å². The van der Waals surface area contributed by atoms with Crippen LogP contribution in [0.25, 0.3) is 0 Å². The smallest absolute Gasteiger partial charge is 0.0415 e. The molecule has 0 saturated carbocycles. The Bertz CT molecular complexity index is 376. The summed E-state index contributed by atoms with van der Waals surface area (Å²) >= 11 is 0. The van der Waals surface area contributed by atoms with Crippen molar-refractivity contribution in [2.75, 3.05) is 38.6 Å². The molecule has 1 atom stereocenters. The maximum atomic E-state index is 5.93. The van der Waals surface area contributed by atoms with Crippen LogP contribution in [0.5, 0.6) is 0 Å². The van der Waals surface area contributed by atoms with E-state index in [1.807, 2.05) is 0 Å². The molecule has 2 rings (SSSR count). The molecule has 1 aromatic carbocycles. The Balaban J connectivity index is 2.08. The van der Waals surface area contributed by atoms with E-state index in [9.17, 15) is 0 Å². The molecule has 0 aliphatic carbocycles. The monoisotopic (exact) mass is 247 g/mol. The van der Waals surface area contributed by atoms with E-state index in [0.717, 1.165) is 19.6 Å². The second-order valence-corrected chi connectivity index (χ2v) is 5.41. The van der Waals surface area contributed by atoms with Gasteiger partial charge in [-0.15, -0.1) is 0 Å². The average Bonchev–Trinajstić information content (AvgIpc) is 2.38. The zero-order chi connectivity index (χ0) is 13.0. The summed E-state index contributed by atoms with van der Waals surface area (Å²) in [6.07, 6.45) is 3.55. The summed E-state index contributed by atoms with van der Waals surface area (Å²) < 4.78 is 0. The topological polar surface area (TPSA) is 32.5 Å². The van der Waals surface area contributed by atoms with Crippen LogP contribution >= 0.6 is 0 Å². The number of benzene rings is 1. The van der Waals surface area contributed by atoms with Crippen molar-refractivity contribution in [2.24, 2.45) is 5.73 Å². The Kier molecular flexibility index (Phi) is 4.61. The Morgan fingerprint density at radius 2 is 2.11 bits per heavy atom. The predicted octanol–water partition coefficient (Wildman–Crippen LogP) is 1.72. The SMILES string of the molecule is CN(C)CCCN1c2ccccc2CCC1CN. The number of rotatable bonds is 5. The van der Waals surface area contributed by atoms with Crippen LogP contribution in [-0.2, 0) is 6.42 Å². The minimum Gasteiger partial charge on any atom is -0.367 e. The van der Waals surface area contributed by atoms with Crippen LogP contribution in [0, 0.1) is 0 Å². The van der Waals surface area contributed by atoms with Gasteiger partial charge in [-0.3, -0.25) is 0 Å². The Morgan fingerprint density at radius 3 is 2.83 bits per heavy atom. The minimum absolute atomic E-state index is 0.516. The number of nitrogens with two attached hydrogens (primary N) is 1. The van der Waals surface area contributed by atoms with E-state index in [-0.39, 0.29) is 0 Å². The van der Waals surface area contributed by atoms with E-state index < -0.39 is 0 Å². The summed E-state index contributed by atoms with van der Waals surface area (Å²) in [6, 6.07) is 9.28. The fourth-order valence-electron chi connectivity index (χ4n) is 2.78. The number of para-hydroxylation sites is 1. The highest BCUT2D eigenvalue weighted by molar-refractivity contribution is 5.56. The lowest BCUT2D eigenvalue weighted by Gasteiger charge is -2.38. The van der Waals surface area contributed by atoms with Gasteiger partial charge in [0.05, 0.1) is 0 Å². The summed E-state index contributed by atoms with van der Waals surface area (Å²) in [5, 5.41) is 0. The third-order valence-electron chi connectivity index (χ3n) is 3.77. The first-order chi connectivity index (χ1) is 8.72. The molecule has 0 saturated heterocycles. The quantitative estimate of drug-likeness (QED) is 0.860. The van der Waals surface area contributed by atoms with Gasteiger partial charge in [-0.1, -0.05) is 18.2 Å². The molecule has 0 radical (unpaired) electrons. The molecule has 1 heterocycles. The van der Waals surface area contributed by atoms with Crippen LogP contribution in [-0.4, -0.2) is 44.7 Å². The highest BCUT2D eigenvalue weighted by atomic mass is 15.2. The van der Waals surface area contributed by atoms with Crippen molar-refractivity contribution in [3.8, 4) is 0 Å². The van der Waals surface area contributed by atoms with E-state index in [1.165, 1.54) is 30.5 Å². The third kappa shape index (κ3) is 3.03. The minimum atomic E-state index is 0.516. The second-order valence-electron chi connectivity index (χ2n) is 5.41. The van der Waals surface area contributed by atoms with Crippen LogP contribution in [0.4, 0.5) is 5.69 Å². The predicted molar refractivity (Wildman–Crippen MR) is 78.1 cm³/mol. The molecule has 3 nitrogen and oxygen atoms in total. The van der Waals surface area contributed by atoms with Crippen LogP contribution < -0.4 is 10.6 Å². The summed E-state index contributed by atoms with van der Waals surface area (Å²) in [4.78, 5) is 4.76. The highest BCUT2D eigenvalue weighted by Gasteiger charge is 2.24. The van der Waals surface area contributed by atoms with E-state index in [2.05, 4.69) is 48.2 Å². The van der Waals surface area contributed by atoms with Crippen LogP contribution in [0.15, 0.2) is 24.3 Å². The first-order valence-electron chi connectivity index (χ1n) is 6.91. The maximum Gasteiger partial charge on any atom is 0.0415 e. The van der Waals surface area contributed by atoms with E-state index in [4.69, 9.17) is 5.73 Å². The summed E-state index contributed by atoms with van der Waals surface area (Å²) in [5.41, 5.74) is 8.81. The zero-order valence-corrected chi connectivity index (χ0v) is 11.6. The van der Waals surface area contributed by atoms with Crippen molar-refractivity contribution in [1.82, 2.24) is 4.90 Å². The zero-order valence-electron chi connectivity index (χ0n) is 11.6. The fourth-order valence-corrected chi connectivity index (χ4v) is 2.78. The van der Waals surface area contributed by atoms with Gasteiger partial charge in [0.15, 0.2) is 0 Å². The van der Waals surface area contributed by atoms with E-state index >= 15 is 0 Å². The molecule has 18 heavy (non-hydrogen) atoms. The van der Waals surface area contributed by atoms with Gasteiger partial charge in [0.25, 0.3) is 0 Å². The van der Waals surface area contributed by atoms with Gasteiger partial charge in [-0.25, -0.2) is 0 Å². The van der Waals surface area contributed by atoms with Crippen molar-refractivity contribution in [1.29, 1.82) is 0 Å². The lowest BCUT2D eigenvalue weighted by atomic mass is 9.95. The first-order valence-corrected chi connectivity index (χ1v) is 6.91. The van der Waals surface area contributed by atoms with E-state index in [0.29, 0.717) is 6.04 Å². The van der Waals surface area contributed by atoms with Gasteiger partial charge in [0, 0.05) is 24.8 Å². The fraction of sp³-hybridized carbons (Fsp3) is 0.600. The van der Waals surface area contributed by atoms with Crippen LogP contribution in [0.3, 0.4) is 0 Å². The summed E-state index contributed by atoms with van der Waals surface area (Å²) in [5.74, 6) is 0. The molecule has 2 N–H and O–H groups in total. The molecule has 100 valence electrons. The number of aryl methyl sites for hydroxylation is 1. The summed E-state index contributed by atoms with van der Waals surface area (Å²) in [7, 11) is 4.26. The maximum absolute atomic E-state index is 5.93. The van der Waals surface area contributed by atoms with Crippen molar-refractivity contribution in [2.45, 2.75) is 25.3 Å². The van der Waals surface area contributed by atoms with Gasteiger partial charge < -0.3 is 15.5 Å². The number of anilines is 1. The van der Waals surface area contributed by atoms with E-state index in [1.54, 1.807) is 0 Å². The molecule has 0 amide bonds. The molecule has 0 spiro atoms. The molecule has 0 fully saturated rings. The van der Waals surface area contributed by atoms with Gasteiger partial charge in [0.1, 0.15) is 0 Å². The molecule has 1 aliphatic rings. The van der Waals surface area contributed by atoms with Crippen LogP contribution in [0.1, 0.15) is 18.4 Å². The third-order valence-corrected chi connectivity index (χ3v) is 3.77. The number of nitrogens with zero attached hydrogens (tertiary/aromatic N) is 2. The molecule has 3 heteroatoms. The Hall–Kier alpha value is -1.06. The van der Waals surface area contributed by atoms with Crippen molar-refractivity contribution >= 4 is 5.69 Å². The first kappa shape index (κ1) is 13.4. The highest BCUT2D eigenvalue weighted by Crippen LogP contribution is 2.30. The molecule has 0 aromatic heterocycles. The van der Waals surface area contributed by atoms with Crippen molar-refractivity contribution < 1.29 is 0 Å². The average molecular weight is 247 g/mol. The lowest BCUT2D eigenvalue weighted by Crippen LogP contribution is -2.45. The summed E-state index contributed by atoms with van der Waals surface area (Å²) in [6.45, 7) is 3.00. The number of fused-ring (bicyclic) bond motifs is 1. The molecule has 0 bridgehead atoms. The van der Waals surface area contributed by atoms with Crippen molar-refractivity contribution in [3.05, 3.63) is 29.8 Å². The largest absolute Gasteiger partial charge is 0.367 e. The standard InChI is InChI=1S/C15H25N3/c1-17(2)10-5-11-18-14(12-16)9-8-13-6-3-4-7-15(13)18/h3-4,6-7,14H,5,8-12,16H2,1-2H3. The lowest BCUT2D eigenvalue weighted by molar-refractivity contribution is 0.393. The molecule has 1 aromatic rings. The number of hydrogen-bond acceptors (Lipinski definition) is 3. The Morgan fingerprint density at radius 1 is 1.33 bits per heavy atom.